The fraction of sp³-hybridized carbons (Fsp3) is 0.333. The summed E-state index contributed by atoms with van der Waals surface area (Å²) in [5.74, 6) is 0.0138. The molecule has 0 saturated carbocycles. The molecule has 0 bridgehead atoms. The Hall–Kier alpha value is -2.36. The highest BCUT2D eigenvalue weighted by atomic mass is 16.5. The van der Waals surface area contributed by atoms with E-state index in [-0.39, 0.29) is 17.9 Å². The SMILES string of the molecule is CC(=O)O[C@@H]1CCc2coc3c2[C@@]1(C)c1ccccc1C3=O. The fourth-order valence-corrected chi connectivity index (χ4v) is 3.99. The molecule has 112 valence electrons. The van der Waals surface area contributed by atoms with Crippen LogP contribution >= 0.6 is 0 Å². The highest BCUT2D eigenvalue weighted by Crippen LogP contribution is 2.50. The molecule has 2 aliphatic rings. The maximum atomic E-state index is 12.7. The molecule has 22 heavy (non-hydrogen) atoms. The van der Waals surface area contributed by atoms with E-state index < -0.39 is 5.41 Å². The summed E-state index contributed by atoms with van der Waals surface area (Å²) in [4.78, 5) is 24.2. The van der Waals surface area contributed by atoms with Crippen LogP contribution in [0, 0.1) is 0 Å². The Balaban J connectivity index is 2.01. The second-order valence-electron chi connectivity index (χ2n) is 6.18. The highest BCUT2D eigenvalue weighted by Gasteiger charge is 2.52. The monoisotopic (exact) mass is 296 g/mol. The second kappa shape index (κ2) is 4.32. The van der Waals surface area contributed by atoms with Crippen molar-refractivity contribution in [1.82, 2.24) is 0 Å². The van der Waals surface area contributed by atoms with Gasteiger partial charge in [0, 0.05) is 18.1 Å². The van der Waals surface area contributed by atoms with Crippen molar-refractivity contribution < 1.29 is 18.7 Å². The molecule has 0 saturated heterocycles. The molecule has 1 aromatic carbocycles. The minimum Gasteiger partial charge on any atom is -0.461 e. The van der Waals surface area contributed by atoms with Gasteiger partial charge in [-0.15, -0.1) is 0 Å². The normalized spacial score (nSPS) is 25.4. The average molecular weight is 296 g/mol. The number of esters is 1. The van der Waals surface area contributed by atoms with Crippen molar-refractivity contribution in [2.45, 2.75) is 38.2 Å². The zero-order valence-corrected chi connectivity index (χ0v) is 12.5. The number of hydrogen-bond acceptors (Lipinski definition) is 4. The van der Waals surface area contributed by atoms with Gasteiger partial charge in [-0.05, 0) is 30.9 Å². The van der Waals surface area contributed by atoms with E-state index in [0.29, 0.717) is 11.3 Å². The molecule has 2 aromatic rings. The lowest BCUT2D eigenvalue weighted by molar-refractivity contribution is -0.149. The molecule has 0 N–H and O–H groups in total. The largest absolute Gasteiger partial charge is 0.461 e. The maximum absolute atomic E-state index is 12.7. The summed E-state index contributed by atoms with van der Waals surface area (Å²) in [7, 11) is 0. The Morgan fingerprint density at radius 1 is 1.36 bits per heavy atom. The number of furan rings is 1. The molecule has 4 rings (SSSR count). The summed E-state index contributed by atoms with van der Waals surface area (Å²) in [6, 6.07) is 7.53. The third-order valence-electron chi connectivity index (χ3n) is 4.95. The first-order chi connectivity index (χ1) is 10.5. The third-order valence-corrected chi connectivity index (χ3v) is 4.95. The molecule has 2 atom stereocenters. The first-order valence-corrected chi connectivity index (χ1v) is 7.45. The van der Waals surface area contributed by atoms with Crippen molar-refractivity contribution >= 4 is 11.8 Å². The van der Waals surface area contributed by atoms with Gasteiger partial charge in [0.25, 0.3) is 0 Å². The minimum absolute atomic E-state index is 0.0854. The van der Waals surface area contributed by atoms with E-state index >= 15 is 0 Å². The summed E-state index contributed by atoms with van der Waals surface area (Å²) in [6.07, 6.45) is 2.87. The Labute approximate surface area is 128 Å². The van der Waals surface area contributed by atoms with Crippen LogP contribution in [0.3, 0.4) is 0 Å². The lowest BCUT2D eigenvalue weighted by Crippen LogP contribution is -2.47. The van der Waals surface area contributed by atoms with Crippen LogP contribution in [-0.4, -0.2) is 17.9 Å². The van der Waals surface area contributed by atoms with E-state index in [2.05, 4.69) is 0 Å². The topological polar surface area (TPSA) is 56.5 Å². The van der Waals surface area contributed by atoms with Crippen molar-refractivity contribution in [2.75, 3.05) is 0 Å². The highest BCUT2D eigenvalue weighted by molar-refractivity contribution is 6.11. The summed E-state index contributed by atoms with van der Waals surface area (Å²) in [6.45, 7) is 3.47. The van der Waals surface area contributed by atoms with E-state index in [1.165, 1.54) is 6.92 Å². The first-order valence-electron chi connectivity index (χ1n) is 7.45. The molecule has 0 unspecified atom stereocenters. The number of ether oxygens (including phenoxy) is 1. The van der Waals surface area contributed by atoms with Crippen molar-refractivity contribution in [3.63, 3.8) is 0 Å². The molecule has 4 heteroatoms. The minimum atomic E-state index is -0.536. The van der Waals surface area contributed by atoms with E-state index in [1.54, 1.807) is 6.26 Å². The summed E-state index contributed by atoms with van der Waals surface area (Å²) in [5, 5.41) is 0. The summed E-state index contributed by atoms with van der Waals surface area (Å²) in [5.41, 5.74) is 2.96. The molecule has 0 aliphatic heterocycles. The van der Waals surface area contributed by atoms with Gasteiger partial charge in [0.15, 0.2) is 5.76 Å². The van der Waals surface area contributed by atoms with Gasteiger partial charge < -0.3 is 9.15 Å². The first kappa shape index (κ1) is 13.3. The van der Waals surface area contributed by atoms with Gasteiger partial charge >= 0.3 is 5.97 Å². The van der Waals surface area contributed by atoms with E-state index in [0.717, 1.165) is 29.5 Å². The molecular weight excluding hydrogens is 280 g/mol. The fourth-order valence-electron chi connectivity index (χ4n) is 3.99. The number of hydrogen-bond donors (Lipinski definition) is 0. The van der Waals surface area contributed by atoms with Gasteiger partial charge in [-0.2, -0.15) is 0 Å². The van der Waals surface area contributed by atoms with Crippen molar-refractivity contribution in [1.29, 1.82) is 0 Å². The van der Waals surface area contributed by atoms with Crippen LogP contribution in [-0.2, 0) is 21.4 Å². The number of aryl methyl sites for hydroxylation is 1. The Morgan fingerprint density at radius 3 is 2.91 bits per heavy atom. The van der Waals surface area contributed by atoms with Crippen molar-refractivity contribution in [3.05, 3.63) is 58.5 Å². The second-order valence-corrected chi connectivity index (χ2v) is 6.18. The zero-order valence-electron chi connectivity index (χ0n) is 12.5. The number of carbonyl (C=O) groups excluding carboxylic acids is 2. The van der Waals surface area contributed by atoms with Crippen LogP contribution in [0.4, 0.5) is 0 Å². The van der Waals surface area contributed by atoms with Gasteiger partial charge in [0.1, 0.15) is 6.10 Å². The third kappa shape index (κ3) is 1.52. The molecule has 0 radical (unpaired) electrons. The maximum Gasteiger partial charge on any atom is 0.302 e. The standard InChI is InChI=1S/C18H16O4/c1-10(19)22-14-8-7-11-9-21-17-15(11)18(14,2)13-6-4-3-5-12(13)16(17)20/h3-6,9,14H,7-8H2,1-2H3/t14-,18+/m1/s1. The Kier molecular flexibility index (Phi) is 2.61. The van der Waals surface area contributed by atoms with Crippen LogP contribution in [0.25, 0.3) is 0 Å². The van der Waals surface area contributed by atoms with Crippen LogP contribution in [0.1, 0.15) is 53.1 Å². The van der Waals surface area contributed by atoms with Crippen molar-refractivity contribution in [3.8, 4) is 0 Å². The van der Waals surface area contributed by atoms with Crippen LogP contribution in [0.5, 0.6) is 0 Å². The van der Waals surface area contributed by atoms with Gasteiger partial charge in [-0.1, -0.05) is 24.3 Å². The smallest absolute Gasteiger partial charge is 0.302 e. The number of benzene rings is 1. The predicted octanol–water partition coefficient (Wildman–Crippen LogP) is 3.01. The molecular formula is C18H16O4. The molecule has 0 amide bonds. The van der Waals surface area contributed by atoms with Crippen molar-refractivity contribution in [2.24, 2.45) is 0 Å². The molecule has 2 aliphatic carbocycles. The molecule has 0 fully saturated rings. The number of rotatable bonds is 1. The Morgan fingerprint density at radius 2 is 2.14 bits per heavy atom. The quantitative estimate of drug-likeness (QED) is 0.759. The van der Waals surface area contributed by atoms with Crippen LogP contribution in [0.15, 0.2) is 34.9 Å². The van der Waals surface area contributed by atoms with Gasteiger partial charge in [0.05, 0.1) is 11.7 Å². The van der Waals surface area contributed by atoms with Gasteiger partial charge in [-0.25, -0.2) is 0 Å². The lowest BCUT2D eigenvalue weighted by atomic mass is 9.61. The van der Waals surface area contributed by atoms with E-state index in [1.807, 2.05) is 31.2 Å². The Bertz CT molecular complexity index is 801. The zero-order chi connectivity index (χ0) is 15.5. The average Bonchev–Trinajstić information content (AvgIpc) is 2.93. The number of fused-ring (bicyclic) bond motifs is 2. The number of carbonyl (C=O) groups is 2. The van der Waals surface area contributed by atoms with E-state index in [4.69, 9.17) is 9.15 Å². The molecule has 4 nitrogen and oxygen atoms in total. The molecule has 1 heterocycles. The van der Waals surface area contributed by atoms with Crippen LogP contribution in [0.2, 0.25) is 0 Å². The number of ketones is 1. The van der Waals surface area contributed by atoms with Crippen LogP contribution < -0.4 is 0 Å². The lowest BCUT2D eigenvalue weighted by Gasteiger charge is -2.43. The summed E-state index contributed by atoms with van der Waals surface area (Å²) >= 11 is 0. The predicted molar refractivity (Wildman–Crippen MR) is 78.9 cm³/mol. The molecule has 0 spiro atoms. The van der Waals surface area contributed by atoms with Gasteiger partial charge in [0.2, 0.25) is 5.78 Å². The van der Waals surface area contributed by atoms with E-state index in [9.17, 15) is 9.59 Å². The summed E-state index contributed by atoms with van der Waals surface area (Å²) < 4.78 is 11.2. The van der Waals surface area contributed by atoms with Gasteiger partial charge in [-0.3, -0.25) is 9.59 Å². The molecule has 1 aromatic heterocycles.